The van der Waals surface area contributed by atoms with Gasteiger partial charge in [-0.15, -0.1) is 0 Å². The van der Waals surface area contributed by atoms with E-state index in [-0.39, 0.29) is 0 Å². The smallest absolute Gasteiger partial charge is 0.250 e. The topological polar surface area (TPSA) is 60.9 Å². The summed E-state index contributed by atoms with van der Waals surface area (Å²) in [6.45, 7) is 1.98. The van der Waals surface area contributed by atoms with Crippen LogP contribution in [0.1, 0.15) is 15.9 Å². The van der Waals surface area contributed by atoms with Gasteiger partial charge in [0.05, 0.1) is 17.3 Å². The maximum absolute atomic E-state index is 11.2. The number of rotatable bonds is 1. The minimum Gasteiger partial charge on any atom is -0.366 e. The maximum atomic E-state index is 11.2. The minimum atomic E-state index is -0.418. The summed E-state index contributed by atoms with van der Waals surface area (Å²) in [7, 11) is 1.80. The van der Waals surface area contributed by atoms with Crippen molar-refractivity contribution in [3.8, 4) is 0 Å². The normalized spacial score (nSPS) is 10.7. The van der Waals surface area contributed by atoms with E-state index in [1.165, 1.54) is 0 Å². The Hall–Kier alpha value is -1.84. The van der Waals surface area contributed by atoms with E-state index in [4.69, 9.17) is 5.73 Å². The Morgan fingerprint density at radius 2 is 2.21 bits per heavy atom. The molecule has 2 rings (SSSR count). The lowest BCUT2D eigenvalue weighted by Crippen LogP contribution is -2.12. The zero-order valence-corrected chi connectivity index (χ0v) is 8.11. The van der Waals surface area contributed by atoms with Gasteiger partial charge in [-0.25, -0.2) is 0 Å². The second-order valence-electron chi connectivity index (χ2n) is 3.32. The molecular weight excluding hydrogens is 178 g/mol. The van der Waals surface area contributed by atoms with Crippen molar-refractivity contribution < 1.29 is 4.79 Å². The molecule has 0 radical (unpaired) electrons. The Kier molecular flexibility index (Phi) is 1.77. The molecule has 0 aliphatic rings. The van der Waals surface area contributed by atoms with Gasteiger partial charge in [-0.3, -0.25) is 9.48 Å². The monoisotopic (exact) mass is 189 g/mol. The summed E-state index contributed by atoms with van der Waals surface area (Å²) in [5, 5.41) is 5.08. The van der Waals surface area contributed by atoms with Gasteiger partial charge in [0.2, 0.25) is 0 Å². The number of hydrogen-bond acceptors (Lipinski definition) is 2. The largest absolute Gasteiger partial charge is 0.366 e. The first-order chi connectivity index (χ1) is 6.61. The molecule has 72 valence electrons. The fraction of sp³-hybridized carbons (Fsp3) is 0.200. The van der Waals surface area contributed by atoms with Crippen LogP contribution in [0.4, 0.5) is 0 Å². The van der Waals surface area contributed by atoms with Gasteiger partial charge >= 0.3 is 0 Å². The van der Waals surface area contributed by atoms with Crippen molar-refractivity contribution in [1.82, 2.24) is 9.78 Å². The Bertz CT molecular complexity index is 513. The van der Waals surface area contributed by atoms with Crippen molar-refractivity contribution >= 4 is 16.8 Å². The number of nitrogens with zero attached hydrogens (tertiary/aromatic N) is 2. The highest BCUT2D eigenvalue weighted by atomic mass is 16.1. The second kappa shape index (κ2) is 2.83. The van der Waals surface area contributed by atoms with Gasteiger partial charge in [0.15, 0.2) is 0 Å². The van der Waals surface area contributed by atoms with E-state index < -0.39 is 5.91 Å². The highest BCUT2D eigenvalue weighted by Gasteiger charge is 2.11. The highest BCUT2D eigenvalue weighted by Crippen LogP contribution is 2.21. The quantitative estimate of drug-likeness (QED) is 0.726. The van der Waals surface area contributed by atoms with Crippen LogP contribution in [-0.2, 0) is 7.05 Å². The molecule has 0 aliphatic carbocycles. The number of benzene rings is 1. The van der Waals surface area contributed by atoms with Crippen molar-refractivity contribution in [3.05, 3.63) is 29.5 Å². The third kappa shape index (κ3) is 1.08. The molecule has 0 spiro atoms. The number of fused-ring (bicyclic) bond motifs is 1. The van der Waals surface area contributed by atoms with Crippen molar-refractivity contribution in [2.75, 3.05) is 0 Å². The van der Waals surface area contributed by atoms with Crippen LogP contribution >= 0.6 is 0 Å². The van der Waals surface area contributed by atoms with Crippen LogP contribution in [0.2, 0.25) is 0 Å². The van der Waals surface area contributed by atoms with Crippen molar-refractivity contribution in [1.29, 1.82) is 0 Å². The first-order valence-corrected chi connectivity index (χ1v) is 4.32. The van der Waals surface area contributed by atoms with E-state index in [1.54, 1.807) is 24.0 Å². The van der Waals surface area contributed by atoms with E-state index in [0.717, 1.165) is 16.5 Å². The Morgan fingerprint density at radius 1 is 1.50 bits per heavy atom. The van der Waals surface area contributed by atoms with E-state index in [1.807, 2.05) is 13.0 Å². The predicted octanol–water partition coefficient (Wildman–Crippen LogP) is 0.981. The fourth-order valence-corrected chi connectivity index (χ4v) is 1.62. The molecule has 0 bridgehead atoms. The van der Waals surface area contributed by atoms with Crippen LogP contribution < -0.4 is 5.73 Å². The summed E-state index contributed by atoms with van der Waals surface area (Å²) in [5.41, 5.74) is 7.70. The molecule has 2 N–H and O–H groups in total. The van der Waals surface area contributed by atoms with Gasteiger partial charge in [-0.2, -0.15) is 5.10 Å². The summed E-state index contributed by atoms with van der Waals surface area (Å²) in [5.74, 6) is -0.418. The summed E-state index contributed by atoms with van der Waals surface area (Å²) in [4.78, 5) is 11.2. The molecule has 0 unspecified atom stereocenters. The van der Waals surface area contributed by atoms with E-state index >= 15 is 0 Å². The van der Waals surface area contributed by atoms with Gasteiger partial charge in [-0.05, 0) is 18.6 Å². The molecule has 0 saturated carbocycles. The number of nitrogens with two attached hydrogens (primary N) is 1. The Balaban J connectivity index is 2.92. The van der Waals surface area contributed by atoms with E-state index in [0.29, 0.717) is 5.56 Å². The molecule has 1 aromatic carbocycles. The molecule has 0 fully saturated rings. The van der Waals surface area contributed by atoms with Gasteiger partial charge < -0.3 is 5.73 Å². The van der Waals surface area contributed by atoms with Gasteiger partial charge in [-0.1, -0.05) is 6.07 Å². The first-order valence-electron chi connectivity index (χ1n) is 4.32. The number of hydrogen-bond donors (Lipinski definition) is 1. The van der Waals surface area contributed by atoms with Crippen LogP contribution in [0, 0.1) is 6.92 Å². The highest BCUT2D eigenvalue weighted by molar-refractivity contribution is 6.05. The molecule has 4 nitrogen and oxygen atoms in total. The predicted molar refractivity (Wildman–Crippen MR) is 54.0 cm³/mol. The van der Waals surface area contributed by atoms with Crippen molar-refractivity contribution in [3.63, 3.8) is 0 Å². The first kappa shape index (κ1) is 8.74. The molecule has 1 aromatic heterocycles. The molecule has 14 heavy (non-hydrogen) atoms. The second-order valence-corrected chi connectivity index (χ2v) is 3.32. The maximum Gasteiger partial charge on any atom is 0.250 e. The molecule has 1 heterocycles. The van der Waals surface area contributed by atoms with E-state index in [9.17, 15) is 4.79 Å². The van der Waals surface area contributed by atoms with Crippen LogP contribution in [0.15, 0.2) is 18.3 Å². The van der Waals surface area contributed by atoms with Crippen molar-refractivity contribution in [2.24, 2.45) is 12.8 Å². The Morgan fingerprint density at radius 3 is 2.86 bits per heavy atom. The fourth-order valence-electron chi connectivity index (χ4n) is 1.62. The number of carbonyl (C=O) groups excluding carboxylic acids is 1. The standard InChI is InChI=1S/C10H11N3O/c1-6-3-4-7(10(11)14)9-8(6)5-12-13(9)2/h3-5H,1-2H3,(H2,11,14). The zero-order valence-electron chi connectivity index (χ0n) is 8.11. The van der Waals surface area contributed by atoms with Crippen LogP contribution in [-0.4, -0.2) is 15.7 Å². The molecular formula is C10H11N3O. The lowest BCUT2D eigenvalue weighted by atomic mass is 10.1. The lowest BCUT2D eigenvalue weighted by Gasteiger charge is -2.02. The number of aromatic nitrogens is 2. The summed E-state index contributed by atoms with van der Waals surface area (Å²) < 4.78 is 1.67. The molecule has 0 saturated heterocycles. The number of primary amides is 1. The molecule has 1 amide bonds. The molecule has 0 atom stereocenters. The van der Waals surface area contributed by atoms with Gasteiger partial charge in [0.1, 0.15) is 0 Å². The lowest BCUT2D eigenvalue weighted by molar-refractivity contribution is 0.100. The SMILES string of the molecule is Cc1ccc(C(N)=O)c2c1cnn2C. The van der Waals surface area contributed by atoms with Crippen LogP contribution in [0.5, 0.6) is 0 Å². The number of amides is 1. The summed E-state index contributed by atoms with van der Waals surface area (Å²) >= 11 is 0. The molecule has 0 aliphatic heterocycles. The molecule has 4 heteroatoms. The average molecular weight is 189 g/mol. The summed E-state index contributed by atoms with van der Waals surface area (Å²) in [6.07, 6.45) is 1.75. The number of aryl methyl sites for hydroxylation is 2. The Labute approximate surface area is 81.3 Å². The average Bonchev–Trinajstić information content (AvgIpc) is 2.50. The van der Waals surface area contributed by atoms with Crippen LogP contribution in [0.3, 0.4) is 0 Å². The minimum absolute atomic E-state index is 0.418. The summed E-state index contributed by atoms with van der Waals surface area (Å²) in [6, 6.07) is 3.62. The number of carbonyl (C=O) groups is 1. The molecule has 2 aromatic rings. The van der Waals surface area contributed by atoms with Crippen molar-refractivity contribution in [2.45, 2.75) is 6.92 Å². The van der Waals surface area contributed by atoms with Crippen LogP contribution in [0.25, 0.3) is 10.9 Å². The van der Waals surface area contributed by atoms with Gasteiger partial charge in [0.25, 0.3) is 5.91 Å². The zero-order chi connectivity index (χ0) is 10.3. The van der Waals surface area contributed by atoms with E-state index in [2.05, 4.69) is 5.10 Å². The third-order valence-corrected chi connectivity index (χ3v) is 2.38. The van der Waals surface area contributed by atoms with Gasteiger partial charge in [0, 0.05) is 12.4 Å². The third-order valence-electron chi connectivity index (χ3n) is 2.38.